The Hall–Kier alpha value is -2.96. The average Bonchev–Trinajstić information content (AvgIpc) is 3.15. The predicted octanol–water partition coefficient (Wildman–Crippen LogP) is 2.69. The number of rotatable bonds is 9. The minimum atomic E-state index is -0.538. The Morgan fingerprint density at radius 1 is 1.15 bits per heavy atom. The van der Waals surface area contributed by atoms with Crippen LogP contribution in [0.5, 0.6) is 0 Å². The summed E-state index contributed by atoms with van der Waals surface area (Å²) in [5, 5.41) is 0. The van der Waals surface area contributed by atoms with Crippen LogP contribution in [0.25, 0.3) is 0 Å². The molecule has 7 nitrogen and oxygen atoms in total. The molecule has 0 spiro atoms. The van der Waals surface area contributed by atoms with Gasteiger partial charge in [-0.25, -0.2) is 4.79 Å². The van der Waals surface area contributed by atoms with Gasteiger partial charge in [0.1, 0.15) is 6.26 Å². The maximum atomic E-state index is 12.0. The Morgan fingerprint density at radius 2 is 1.88 bits per heavy atom. The van der Waals surface area contributed by atoms with E-state index >= 15 is 0 Å². The van der Waals surface area contributed by atoms with Gasteiger partial charge in [-0.05, 0) is 19.4 Å². The van der Waals surface area contributed by atoms with Gasteiger partial charge in [-0.3, -0.25) is 4.79 Å². The molecule has 0 saturated heterocycles. The van der Waals surface area contributed by atoms with Gasteiger partial charge in [0, 0.05) is 11.8 Å². The zero-order valence-electron chi connectivity index (χ0n) is 15.0. The molecule has 0 aromatic heterocycles. The number of hydrogen-bond donors (Lipinski definition) is 0. The van der Waals surface area contributed by atoms with Crippen molar-refractivity contribution in [1.29, 1.82) is 0 Å². The molecule has 7 heteroatoms. The van der Waals surface area contributed by atoms with Gasteiger partial charge in [0.25, 0.3) is 0 Å². The largest absolute Gasteiger partial charge is 0.466 e. The van der Waals surface area contributed by atoms with E-state index < -0.39 is 11.9 Å². The van der Waals surface area contributed by atoms with E-state index in [1.807, 2.05) is 30.3 Å². The summed E-state index contributed by atoms with van der Waals surface area (Å²) in [6, 6.07) is 9.61. The fourth-order valence-electron chi connectivity index (χ4n) is 2.37. The number of carbonyl (C=O) groups excluding carboxylic acids is 2. The molecule has 2 rings (SSSR count). The van der Waals surface area contributed by atoms with Crippen molar-refractivity contribution in [1.82, 2.24) is 4.90 Å². The van der Waals surface area contributed by atoms with Crippen molar-refractivity contribution in [3.63, 3.8) is 0 Å². The van der Waals surface area contributed by atoms with Gasteiger partial charge < -0.3 is 23.8 Å². The topological polar surface area (TPSA) is 74.3 Å². The van der Waals surface area contributed by atoms with Crippen molar-refractivity contribution in [2.24, 2.45) is 0 Å². The molecule has 0 amide bonds. The lowest BCUT2D eigenvalue weighted by Crippen LogP contribution is -2.26. The van der Waals surface area contributed by atoms with Crippen LogP contribution in [-0.2, 0) is 35.1 Å². The first-order valence-electron chi connectivity index (χ1n) is 8.43. The second kappa shape index (κ2) is 10.1. The van der Waals surface area contributed by atoms with Crippen molar-refractivity contribution in [3.05, 3.63) is 59.8 Å². The Balaban J connectivity index is 2.32. The lowest BCUT2D eigenvalue weighted by Gasteiger charge is -2.26. The zero-order valence-corrected chi connectivity index (χ0v) is 15.0. The van der Waals surface area contributed by atoms with Crippen LogP contribution < -0.4 is 0 Å². The molecule has 0 N–H and O–H groups in total. The highest BCUT2D eigenvalue weighted by Gasteiger charge is 2.24. The normalized spacial score (nSPS) is 13.3. The van der Waals surface area contributed by atoms with Crippen LogP contribution in [0.4, 0.5) is 0 Å². The number of esters is 2. The van der Waals surface area contributed by atoms with Gasteiger partial charge in [0.15, 0.2) is 0 Å². The first kappa shape index (κ1) is 19.4. The summed E-state index contributed by atoms with van der Waals surface area (Å²) in [7, 11) is 0. The van der Waals surface area contributed by atoms with Crippen molar-refractivity contribution in [3.8, 4) is 0 Å². The summed E-state index contributed by atoms with van der Waals surface area (Å²) in [6.45, 7) is 4.41. The van der Waals surface area contributed by atoms with Crippen molar-refractivity contribution in [2.75, 3.05) is 20.0 Å². The fraction of sp³-hybridized carbons (Fsp3) is 0.368. The molecule has 1 aromatic carbocycles. The lowest BCUT2D eigenvalue weighted by atomic mass is 10.2. The van der Waals surface area contributed by atoms with Crippen LogP contribution in [0.2, 0.25) is 0 Å². The van der Waals surface area contributed by atoms with Gasteiger partial charge in [0.05, 0.1) is 26.2 Å². The lowest BCUT2D eigenvalue weighted by molar-refractivity contribution is -0.142. The summed E-state index contributed by atoms with van der Waals surface area (Å²) in [5.74, 6) is -0.571. The van der Waals surface area contributed by atoms with E-state index in [1.165, 1.54) is 12.3 Å². The molecule has 0 bridgehead atoms. The SMILES string of the molecule is CCOC(=O)C=C(CC(=O)OCC)N(Cc1ccccc1)C1=COCO1. The molecule has 0 radical (unpaired) electrons. The monoisotopic (exact) mass is 361 g/mol. The van der Waals surface area contributed by atoms with E-state index in [1.54, 1.807) is 18.7 Å². The molecule has 140 valence electrons. The van der Waals surface area contributed by atoms with Gasteiger partial charge in [0.2, 0.25) is 12.7 Å². The molecule has 0 fully saturated rings. The highest BCUT2D eigenvalue weighted by molar-refractivity contribution is 5.84. The third-order valence-corrected chi connectivity index (χ3v) is 3.46. The molecule has 0 aliphatic carbocycles. The molecule has 26 heavy (non-hydrogen) atoms. The summed E-state index contributed by atoms with van der Waals surface area (Å²) in [6.07, 6.45) is 2.64. The smallest absolute Gasteiger partial charge is 0.332 e. The first-order valence-corrected chi connectivity index (χ1v) is 8.43. The van der Waals surface area contributed by atoms with Crippen LogP contribution in [0.1, 0.15) is 25.8 Å². The van der Waals surface area contributed by atoms with E-state index in [4.69, 9.17) is 18.9 Å². The number of benzene rings is 1. The Kier molecular flexibility index (Phi) is 7.54. The first-order chi connectivity index (χ1) is 12.6. The van der Waals surface area contributed by atoms with Crippen molar-refractivity contribution < 1.29 is 28.5 Å². The Labute approximate surface area is 152 Å². The van der Waals surface area contributed by atoms with E-state index in [2.05, 4.69) is 0 Å². The van der Waals surface area contributed by atoms with E-state index in [0.717, 1.165) is 5.56 Å². The average molecular weight is 361 g/mol. The molecule has 0 unspecified atom stereocenters. The quantitative estimate of drug-likeness (QED) is 0.494. The molecule has 0 saturated carbocycles. The second-order valence-electron chi connectivity index (χ2n) is 5.33. The van der Waals surface area contributed by atoms with Gasteiger partial charge in [-0.1, -0.05) is 30.3 Å². The van der Waals surface area contributed by atoms with Crippen LogP contribution in [0.15, 0.2) is 54.3 Å². The predicted molar refractivity (Wildman–Crippen MR) is 93.1 cm³/mol. The minimum absolute atomic E-state index is 0.0761. The van der Waals surface area contributed by atoms with Crippen LogP contribution in [0.3, 0.4) is 0 Å². The van der Waals surface area contributed by atoms with Crippen molar-refractivity contribution in [2.45, 2.75) is 26.8 Å². The van der Waals surface area contributed by atoms with Gasteiger partial charge >= 0.3 is 11.9 Å². The summed E-state index contributed by atoms with van der Waals surface area (Å²) < 4.78 is 20.6. The molecule has 1 aromatic rings. The molecule has 1 aliphatic rings. The molecule has 1 heterocycles. The number of nitrogens with zero attached hydrogens (tertiary/aromatic N) is 1. The van der Waals surface area contributed by atoms with Crippen LogP contribution in [0, 0.1) is 0 Å². The highest BCUT2D eigenvalue weighted by Crippen LogP contribution is 2.24. The Morgan fingerprint density at radius 3 is 2.50 bits per heavy atom. The van der Waals surface area contributed by atoms with E-state index in [9.17, 15) is 9.59 Å². The molecule has 1 aliphatic heterocycles. The number of hydrogen-bond acceptors (Lipinski definition) is 7. The Bertz CT molecular complexity index is 668. The van der Waals surface area contributed by atoms with Gasteiger partial charge in [-0.15, -0.1) is 0 Å². The van der Waals surface area contributed by atoms with Crippen LogP contribution in [-0.4, -0.2) is 36.8 Å². The molecular formula is C19H23NO6. The minimum Gasteiger partial charge on any atom is -0.466 e. The van der Waals surface area contributed by atoms with Gasteiger partial charge in [-0.2, -0.15) is 0 Å². The zero-order chi connectivity index (χ0) is 18.8. The van der Waals surface area contributed by atoms with Crippen LogP contribution >= 0.6 is 0 Å². The third kappa shape index (κ3) is 5.84. The summed E-state index contributed by atoms with van der Waals surface area (Å²) >= 11 is 0. The maximum Gasteiger partial charge on any atom is 0.332 e. The van der Waals surface area contributed by atoms with Crippen molar-refractivity contribution >= 4 is 11.9 Å². The standard InChI is InChI=1S/C19H23NO6/c1-3-24-18(21)10-16(11-19(22)25-4-2)20(17-13-23-14-26-17)12-15-8-6-5-7-9-15/h5-10,13H,3-4,11-12,14H2,1-2H3. The molecule has 0 atom stereocenters. The fourth-order valence-corrected chi connectivity index (χ4v) is 2.37. The second-order valence-corrected chi connectivity index (χ2v) is 5.33. The highest BCUT2D eigenvalue weighted by atomic mass is 16.7. The number of ether oxygens (including phenoxy) is 4. The summed E-state index contributed by atoms with van der Waals surface area (Å²) in [4.78, 5) is 25.7. The van der Waals surface area contributed by atoms with E-state index in [0.29, 0.717) is 18.1 Å². The third-order valence-electron chi connectivity index (χ3n) is 3.46. The maximum absolute atomic E-state index is 12.0. The van der Waals surface area contributed by atoms with E-state index in [-0.39, 0.29) is 26.4 Å². The molecular weight excluding hydrogens is 338 g/mol. The summed E-state index contributed by atoms with van der Waals surface area (Å²) in [5.41, 5.74) is 1.38. The number of carbonyl (C=O) groups is 2.